The van der Waals surface area contributed by atoms with Gasteiger partial charge in [0, 0.05) is 31.5 Å². The maximum atomic E-state index is 10.2. The number of anilines is 1. The molecule has 19 heavy (non-hydrogen) atoms. The predicted molar refractivity (Wildman–Crippen MR) is 80.6 cm³/mol. The van der Waals surface area contributed by atoms with Crippen LogP contribution in [0.2, 0.25) is 0 Å². The fraction of sp³-hybridized carbons (Fsp3) is 0.625. The Kier molecular flexibility index (Phi) is 6.89. The molecule has 3 nitrogen and oxygen atoms in total. The van der Waals surface area contributed by atoms with E-state index < -0.39 is 6.10 Å². The Balaban J connectivity index is 2.99. The summed E-state index contributed by atoms with van der Waals surface area (Å²) in [6.45, 7) is 8.93. The predicted octanol–water partition coefficient (Wildman–Crippen LogP) is 3.24. The highest BCUT2D eigenvalue weighted by atomic mass is 16.5. The smallest absolute Gasteiger partial charge is 0.0807 e. The molecule has 0 unspecified atom stereocenters. The summed E-state index contributed by atoms with van der Waals surface area (Å²) in [7, 11) is 1.72. The molecule has 0 saturated carbocycles. The van der Waals surface area contributed by atoms with Crippen molar-refractivity contribution in [1.29, 1.82) is 0 Å². The highest BCUT2D eigenvalue weighted by Crippen LogP contribution is 2.28. The maximum Gasteiger partial charge on any atom is 0.0807 e. The minimum absolute atomic E-state index is 0.395. The van der Waals surface area contributed by atoms with Crippen molar-refractivity contribution in [1.82, 2.24) is 0 Å². The third-order valence-electron chi connectivity index (χ3n) is 3.17. The Morgan fingerprint density at radius 1 is 1.26 bits per heavy atom. The average molecular weight is 265 g/mol. The summed E-state index contributed by atoms with van der Waals surface area (Å²) < 4.78 is 5.20. The van der Waals surface area contributed by atoms with Crippen LogP contribution >= 0.6 is 0 Å². The molecule has 0 aliphatic carbocycles. The zero-order chi connectivity index (χ0) is 14.3. The van der Waals surface area contributed by atoms with Gasteiger partial charge in [-0.3, -0.25) is 0 Å². The first kappa shape index (κ1) is 16.0. The van der Waals surface area contributed by atoms with E-state index in [1.165, 1.54) is 0 Å². The summed E-state index contributed by atoms with van der Waals surface area (Å²) in [5.41, 5.74) is 2.14. The zero-order valence-corrected chi connectivity index (χ0v) is 12.6. The largest absolute Gasteiger partial charge is 0.388 e. The van der Waals surface area contributed by atoms with Crippen LogP contribution in [-0.2, 0) is 4.74 Å². The van der Waals surface area contributed by atoms with Gasteiger partial charge in [0.1, 0.15) is 0 Å². The molecule has 3 heteroatoms. The van der Waals surface area contributed by atoms with Crippen molar-refractivity contribution in [3.05, 3.63) is 29.8 Å². The van der Waals surface area contributed by atoms with Crippen LogP contribution in [0.25, 0.3) is 0 Å². The Hall–Kier alpha value is -1.06. The number of benzene rings is 1. The van der Waals surface area contributed by atoms with Crippen molar-refractivity contribution in [2.75, 3.05) is 31.7 Å². The van der Waals surface area contributed by atoms with Gasteiger partial charge in [0.2, 0.25) is 0 Å². The first-order chi connectivity index (χ1) is 9.10. The minimum atomic E-state index is -0.395. The highest BCUT2D eigenvalue weighted by Gasteiger charge is 2.16. The molecule has 0 spiro atoms. The standard InChI is InChI=1S/C16H27NO2/c1-5-16(18)14-8-6-7-9-15(14)17(10-11-19-4)12-13(2)3/h6-9,13,16,18H,5,10-12H2,1-4H3/t16-/m1/s1. The second-order valence-electron chi connectivity index (χ2n) is 5.32. The molecule has 1 atom stereocenters. The number of rotatable bonds is 8. The van der Waals surface area contributed by atoms with E-state index in [9.17, 15) is 5.11 Å². The van der Waals surface area contributed by atoms with Crippen LogP contribution in [0.15, 0.2) is 24.3 Å². The molecule has 108 valence electrons. The van der Waals surface area contributed by atoms with Gasteiger partial charge < -0.3 is 14.7 Å². The molecule has 0 aromatic heterocycles. The summed E-state index contributed by atoms with van der Waals surface area (Å²) in [5, 5.41) is 10.2. The summed E-state index contributed by atoms with van der Waals surface area (Å²) in [4.78, 5) is 2.31. The summed E-state index contributed by atoms with van der Waals surface area (Å²) in [6.07, 6.45) is 0.338. The van der Waals surface area contributed by atoms with Crippen LogP contribution in [0.1, 0.15) is 38.9 Å². The maximum absolute atomic E-state index is 10.2. The normalized spacial score (nSPS) is 12.7. The molecule has 0 bridgehead atoms. The van der Waals surface area contributed by atoms with Gasteiger partial charge >= 0.3 is 0 Å². The fourth-order valence-corrected chi connectivity index (χ4v) is 2.23. The molecule has 0 radical (unpaired) electrons. The van der Waals surface area contributed by atoms with E-state index in [0.717, 1.165) is 30.8 Å². The zero-order valence-electron chi connectivity index (χ0n) is 12.6. The third kappa shape index (κ3) is 4.84. The molecule has 0 aliphatic rings. The fourth-order valence-electron chi connectivity index (χ4n) is 2.23. The van der Waals surface area contributed by atoms with E-state index in [4.69, 9.17) is 4.74 Å². The summed E-state index contributed by atoms with van der Waals surface area (Å²) >= 11 is 0. The number of hydrogen-bond donors (Lipinski definition) is 1. The number of para-hydroxylation sites is 1. The van der Waals surface area contributed by atoms with Gasteiger partial charge in [-0.2, -0.15) is 0 Å². The molecular weight excluding hydrogens is 238 g/mol. The molecule has 0 saturated heterocycles. The van der Waals surface area contributed by atoms with E-state index in [2.05, 4.69) is 24.8 Å². The SMILES string of the molecule is CC[C@@H](O)c1ccccc1N(CCOC)CC(C)C. The molecule has 1 N–H and O–H groups in total. The number of methoxy groups -OCH3 is 1. The van der Waals surface area contributed by atoms with Crippen molar-refractivity contribution in [2.24, 2.45) is 5.92 Å². The van der Waals surface area contributed by atoms with Gasteiger partial charge in [-0.15, -0.1) is 0 Å². The Bertz CT molecular complexity index is 366. The molecule has 0 aliphatic heterocycles. The van der Waals surface area contributed by atoms with Gasteiger partial charge in [-0.25, -0.2) is 0 Å². The van der Waals surface area contributed by atoms with Crippen molar-refractivity contribution in [3.8, 4) is 0 Å². The number of aliphatic hydroxyl groups excluding tert-OH is 1. The van der Waals surface area contributed by atoms with Crippen LogP contribution in [-0.4, -0.2) is 31.9 Å². The van der Waals surface area contributed by atoms with Crippen molar-refractivity contribution in [2.45, 2.75) is 33.3 Å². The molecule has 1 aromatic rings. The number of nitrogens with zero attached hydrogens (tertiary/aromatic N) is 1. The summed E-state index contributed by atoms with van der Waals surface area (Å²) in [5.74, 6) is 0.573. The van der Waals surface area contributed by atoms with Crippen molar-refractivity contribution >= 4 is 5.69 Å². The third-order valence-corrected chi connectivity index (χ3v) is 3.17. The molecule has 1 rings (SSSR count). The lowest BCUT2D eigenvalue weighted by Crippen LogP contribution is -2.32. The molecule has 1 aromatic carbocycles. The average Bonchev–Trinajstić information content (AvgIpc) is 2.42. The van der Waals surface area contributed by atoms with Crippen LogP contribution < -0.4 is 4.90 Å². The van der Waals surface area contributed by atoms with Crippen LogP contribution in [0, 0.1) is 5.92 Å². The number of ether oxygens (including phenoxy) is 1. The minimum Gasteiger partial charge on any atom is -0.388 e. The van der Waals surface area contributed by atoms with Gasteiger partial charge in [-0.05, 0) is 18.4 Å². The second kappa shape index (κ2) is 8.18. The van der Waals surface area contributed by atoms with E-state index in [0.29, 0.717) is 12.5 Å². The van der Waals surface area contributed by atoms with Crippen molar-refractivity contribution < 1.29 is 9.84 Å². The quantitative estimate of drug-likeness (QED) is 0.783. The van der Waals surface area contributed by atoms with Gasteiger partial charge in [0.05, 0.1) is 12.7 Å². The lowest BCUT2D eigenvalue weighted by Gasteiger charge is -2.29. The van der Waals surface area contributed by atoms with Crippen LogP contribution in [0.4, 0.5) is 5.69 Å². The Morgan fingerprint density at radius 2 is 1.95 bits per heavy atom. The van der Waals surface area contributed by atoms with E-state index in [-0.39, 0.29) is 0 Å². The summed E-state index contributed by atoms with van der Waals surface area (Å²) in [6, 6.07) is 8.12. The van der Waals surface area contributed by atoms with Crippen LogP contribution in [0.3, 0.4) is 0 Å². The molecule has 0 amide bonds. The number of hydrogen-bond acceptors (Lipinski definition) is 3. The lowest BCUT2D eigenvalue weighted by molar-refractivity contribution is 0.173. The molecular formula is C16H27NO2. The lowest BCUT2D eigenvalue weighted by atomic mass is 10.0. The first-order valence-corrected chi connectivity index (χ1v) is 7.11. The Morgan fingerprint density at radius 3 is 2.53 bits per heavy atom. The van der Waals surface area contributed by atoms with Gasteiger partial charge in [0.15, 0.2) is 0 Å². The molecule has 0 fully saturated rings. The monoisotopic (exact) mass is 265 g/mol. The van der Waals surface area contributed by atoms with Gasteiger partial charge in [-0.1, -0.05) is 39.0 Å². The van der Waals surface area contributed by atoms with E-state index in [1.807, 2.05) is 25.1 Å². The first-order valence-electron chi connectivity index (χ1n) is 7.11. The van der Waals surface area contributed by atoms with E-state index >= 15 is 0 Å². The number of aliphatic hydroxyl groups is 1. The van der Waals surface area contributed by atoms with E-state index in [1.54, 1.807) is 7.11 Å². The second-order valence-corrected chi connectivity index (χ2v) is 5.32. The Labute approximate surface area is 117 Å². The van der Waals surface area contributed by atoms with Crippen molar-refractivity contribution in [3.63, 3.8) is 0 Å². The highest BCUT2D eigenvalue weighted by molar-refractivity contribution is 5.54. The molecule has 0 heterocycles. The van der Waals surface area contributed by atoms with Gasteiger partial charge in [0.25, 0.3) is 0 Å². The topological polar surface area (TPSA) is 32.7 Å². The van der Waals surface area contributed by atoms with Crippen LogP contribution in [0.5, 0.6) is 0 Å².